The van der Waals surface area contributed by atoms with E-state index in [4.69, 9.17) is 9.73 Å². The van der Waals surface area contributed by atoms with E-state index in [9.17, 15) is 0 Å². The summed E-state index contributed by atoms with van der Waals surface area (Å²) < 4.78 is 5.18. The predicted molar refractivity (Wildman–Crippen MR) is 103 cm³/mol. The molecular weight excluding hydrogens is 300 g/mol. The van der Waals surface area contributed by atoms with Gasteiger partial charge in [0.2, 0.25) is 0 Å². The standard InChI is InChI=1S/C19H34N4O/c1-7-16-9-11-17(12-10-16)18(23(4)5)13-21-19(20-8-2)22-15(3)14-24-6/h9-12,15,18H,7-8,13-14H2,1-6H3,(H2,20,21,22). The SMILES string of the molecule is CCNC(=NCC(c1ccc(CC)cc1)N(C)C)NC(C)COC. The highest BCUT2D eigenvalue weighted by Gasteiger charge is 2.14. The van der Waals surface area contributed by atoms with Crippen LogP contribution in [0.1, 0.15) is 37.9 Å². The number of hydrogen-bond acceptors (Lipinski definition) is 3. The van der Waals surface area contributed by atoms with Crippen molar-refractivity contribution in [1.82, 2.24) is 15.5 Å². The molecule has 0 fully saturated rings. The Bertz CT molecular complexity index is 485. The first-order valence-electron chi connectivity index (χ1n) is 8.80. The molecule has 0 aromatic heterocycles. The lowest BCUT2D eigenvalue weighted by atomic mass is 10.0. The number of aliphatic imine (C=N–C) groups is 1. The van der Waals surface area contributed by atoms with E-state index in [2.05, 4.69) is 74.7 Å². The molecule has 0 spiro atoms. The second kappa shape index (κ2) is 11.0. The summed E-state index contributed by atoms with van der Waals surface area (Å²) in [6, 6.07) is 9.32. The van der Waals surface area contributed by atoms with Gasteiger partial charge in [0.05, 0.1) is 19.2 Å². The highest BCUT2D eigenvalue weighted by atomic mass is 16.5. The van der Waals surface area contributed by atoms with Crippen LogP contribution in [0.2, 0.25) is 0 Å². The van der Waals surface area contributed by atoms with Gasteiger partial charge in [-0.3, -0.25) is 4.99 Å². The molecule has 24 heavy (non-hydrogen) atoms. The maximum atomic E-state index is 5.18. The molecule has 2 atom stereocenters. The molecule has 0 bridgehead atoms. The van der Waals surface area contributed by atoms with Crippen LogP contribution in [0, 0.1) is 0 Å². The number of benzene rings is 1. The first-order chi connectivity index (χ1) is 11.5. The Morgan fingerprint density at radius 2 is 1.88 bits per heavy atom. The largest absolute Gasteiger partial charge is 0.383 e. The van der Waals surface area contributed by atoms with Crippen LogP contribution in [0.15, 0.2) is 29.3 Å². The van der Waals surface area contributed by atoms with E-state index in [0.717, 1.165) is 18.9 Å². The van der Waals surface area contributed by atoms with Crippen LogP contribution in [0.4, 0.5) is 0 Å². The Kier molecular flexibility index (Phi) is 9.42. The average molecular weight is 335 g/mol. The molecule has 2 unspecified atom stereocenters. The second-order valence-corrected chi connectivity index (χ2v) is 6.29. The van der Waals surface area contributed by atoms with E-state index in [-0.39, 0.29) is 12.1 Å². The van der Waals surface area contributed by atoms with Crippen molar-refractivity contribution in [2.75, 3.05) is 40.9 Å². The molecule has 0 aliphatic carbocycles. The molecule has 0 aliphatic rings. The Balaban J connectivity index is 2.83. The van der Waals surface area contributed by atoms with Gasteiger partial charge in [0.1, 0.15) is 0 Å². The van der Waals surface area contributed by atoms with Crippen molar-refractivity contribution in [1.29, 1.82) is 0 Å². The van der Waals surface area contributed by atoms with Gasteiger partial charge >= 0.3 is 0 Å². The van der Waals surface area contributed by atoms with Gasteiger partial charge in [0.25, 0.3) is 0 Å². The minimum Gasteiger partial charge on any atom is -0.383 e. The molecule has 0 heterocycles. The quantitative estimate of drug-likeness (QED) is 0.538. The van der Waals surface area contributed by atoms with Crippen molar-refractivity contribution in [3.63, 3.8) is 0 Å². The maximum Gasteiger partial charge on any atom is 0.191 e. The first kappa shape index (κ1) is 20.5. The van der Waals surface area contributed by atoms with E-state index in [1.165, 1.54) is 11.1 Å². The van der Waals surface area contributed by atoms with Crippen molar-refractivity contribution in [2.24, 2.45) is 4.99 Å². The molecule has 1 aromatic carbocycles. The second-order valence-electron chi connectivity index (χ2n) is 6.29. The molecule has 5 heteroatoms. The van der Waals surface area contributed by atoms with E-state index in [0.29, 0.717) is 13.2 Å². The fraction of sp³-hybridized carbons (Fsp3) is 0.632. The zero-order valence-corrected chi connectivity index (χ0v) is 16.1. The van der Waals surface area contributed by atoms with Gasteiger partial charge in [-0.2, -0.15) is 0 Å². The van der Waals surface area contributed by atoms with Gasteiger partial charge in [-0.15, -0.1) is 0 Å². The molecule has 5 nitrogen and oxygen atoms in total. The van der Waals surface area contributed by atoms with Crippen LogP contribution in [-0.4, -0.2) is 57.8 Å². The summed E-state index contributed by atoms with van der Waals surface area (Å²) in [4.78, 5) is 6.99. The average Bonchev–Trinajstić information content (AvgIpc) is 2.55. The van der Waals surface area contributed by atoms with Crippen LogP contribution in [0.5, 0.6) is 0 Å². The number of likely N-dealkylation sites (N-methyl/N-ethyl adjacent to an activating group) is 1. The molecule has 0 aliphatic heterocycles. The van der Waals surface area contributed by atoms with Crippen molar-refractivity contribution in [2.45, 2.75) is 39.3 Å². The number of guanidine groups is 1. The minimum atomic E-state index is 0.217. The fourth-order valence-corrected chi connectivity index (χ4v) is 2.57. The van der Waals surface area contributed by atoms with Gasteiger partial charge in [-0.05, 0) is 45.5 Å². The number of nitrogens with zero attached hydrogens (tertiary/aromatic N) is 2. The fourth-order valence-electron chi connectivity index (χ4n) is 2.57. The minimum absolute atomic E-state index is 0.217. The summed E-state index contributed by atoms with van der Waals surface area (Å²) in [6.45, 7) is 8.53. The molecule has 0 radical (unpaired) electrons. The number of ether oxygens (including phenoxy) is 1. The van der Waals surface area contributed by atoms with Crippen molar-refractivity contribution < 1.29 is 4.74 Å². The van der Waals surface area contributed by atoms with Gasteiger partial charge in [-0.1, -0.05) is 31.2 Å². The highest BCUT2D eigenvalue weighted by molar-refractivity contribution is 5.80. The van der Waals surface area contributed by atoms with E-state index < -0.39 is 0 Å². The summed E-state index contributed by atoms with van der Waals surface area (Å²) in [5.74, 6) is 0.832. The molecular formula is C19H34N4O. The molecule has 0 amide bonds. The Labute approximate surface area is 147 Å². The maximum absolute atomic E-state index is 5.18. The van der Waals surface area contributed by atoms with Crippen molar-refractivity contribution in [3.8, 4) is 0 Å². The summed E-state index contributed by atoms with van der Waals surface area (Å²) >= 11 is 0. The van der Waals surface area contributed by atoms with E-state index in [1.54, 1.807) is 7.11 Å². The Hall–Kier alpha value is -1.59. The van der Waals surface area contributed by atoms with Gasteiger partial charge in [-0.25, -0.2) is 0 Å². The topological polar surface area (TPSA) is 48.9 Å². The third kappa shape index (κ3) is 6.89. The molecule has 0 saturated carbocycles. The highest BCUT2D eigenvalue weighted by Crippen LogP contribution is 2.19. The third-order valence-corrected chi connectivity index (χ3v) is 3.96. The summed E-state index contributed by atoms with van der Waals surface area (Å²) in [5, 5.41) is 6.68. The lowest BCUT2D eigenvalue weighted by molar-refractivity contribution is 0.179. The summed E-state index contributed by atoms with van der Waals surface area (Å²) in [6.07, 6.45) is 1.07. The van der Waals surface area contributed by atoms with Gasteiger partial charge < -0.3 is 20.3 Å². The summed E-state index contributed by atoms with van der Waals surface area (Å²) in [5.41, 5.74) is 2.66. The van der Waals surface area contributed by atoms with Crippen molar-refractivity contribution in [3.05, 3.63) is 35.4 Å². The van der Waals surface area contributed by atoms with Crippen LogP contribution in [0.25, 0.3) is 0 Å². The smallest absolute Gasteiger partial charge is 0.191 e. The van der Waals surface area contributed by atoms with Crippen LogP contribution < -0.4 is 10.6 Å². The van der Waals surface area contributed by atoms with Crippen LogP contribution in [0.3, 0.4) is 0 Å². The number of methoxy groups -OCH3 is 1. The molecule has 136 valence electrons. The van der Waals surface area contributed by atoms with E-state index >= 15 is 0 Å². The van der Waals surface area contributed by atoms with Gasteiger partial charge in [0, 0.05) is 19.7 Å². The molecule has 1 rings (SSSR count). The monoisotopic (exact) mass is 334 g/mol. The van der Waals surface area contributed by atoms with Crippen LogP contribution in [-0.2, 0) is 11.2 Å². The molecule has 0 saturated heterocycles. The zero-order valence-electron chi connectivity index (χ0n) is 16.1. The lowest BCUT2D eigenvalue weighted by Gasteiger charge is -2.24. The third-order valence-electron chi connectivity index (χ3n) is 3.96. The van der Waals surface area contributed by atoms with Crippen molar-refractivity contribution >= 4 is 5.96 Å². The molecule has 1 aromatic rings. The first-order valence-corrected chi connectivity index (χ1v) is 8.80. The van der Waals surface area contributed by atoms with E-state index in [1.807, 2.05) is 0 Å². The normalized spacial score (nSPS) is 14.5. The number of nitrogens with one attached hydrogen (secondary N) is 2. The number of hydrogen-bond donors (Lipinski definition) is 2. The zero-order chi connectivity index (χ0) is 17.9. The van der Waals surface area contributed by atoms with Gasteiger partial charge in [0.15, 0.2) is 5.96 Å². The Morgan fingerprint density at radius 3 is 2.38 bits per heavy atom. The van der Waals surface area contributed by atoms with Crippen LogP contribution >= 0.6 is 0 Å². The molecule has 2 N–H and O–H groups in total. The summed E-state index contributed by atoms with van der Waals surface area (Å²) in [7, 11) is 5.91. The predicted octanol–water partition coefficient (Wildman–Crippen LogP) is 2.44. The number of aryl methyl sites for hydroxylation is 1. The Morgan fingerprint density at radius 1 is 1.21 bits per heavy atom. The number of rotatable bonds is 9. The lowest BCUT2D eigenvalue weighted by Crippen LogP contribution is -2.44.